The molecule has 0 aromatic heterocycles. The van der Waals surface area contributed by atoms with Crippen LogP contribution in [0.1, 0.15) is 10.4 Å². The van der Waals surface area contributed by atoms with E-state index in [9.17, 15) is 9.59 Å². The first-order valence-corrected chi connectivity index (χ1v) is 9.02. The lowest BCUT2D eigenvalue weighted by Gasteiger charge is -2.10. The largest absolute Gasteiger partial charge is 0.496 e. The molecule has 1 N–H and O–H groups in total. The number of anilines is 2. The first-order chi connectivity index (χ1) is 14.2. The van der Waals surface area contributed by atoms with Crippen molar-refractivity contribution in [1.29, 1.82) is 0 Å². The van der Waals surface area contributed by atoms with Gasteiger partial charge in [0.15, 0.2) is 13.2 Å². The molecule has 0 atom stereocenters. The van der Waals surface area contributed by atoms with Crippen LogP contribution in [0.4, 0.5) is 11.4 Å². The number of Topliss-reactive ketones (excluding diaryl/α,β-unsaturated/α-hetero) is 1. The Morgan fingerprint density at radius 3 is 2.17 bits per heavy atom. The molecule has 0 saturated heterocycles. The minimum absolute atomic E-state index is 0.287. The zero-order valence-electron chi connectivity index (χ0n) is 16.0. The Morgan fingerprint density at radius 1 is 0.793 bits per heavy atom. The van der Waals surface area contributed by atoms with Gasteiger partial charge in [-0.1, -0.05) is 30.3 Å². The molecule has 0 unspecified atom stereocenters. The number of rotatable bonds is 9. The van der Waals surface area contributed by atoms with Crippen molar-refractivity contribution < 1.29 is 23.8 Å². The first-order valence-electron chi connectivity index (χ1n) is 9.02. The van der Waals surface area contributed by atoms with Crippen LogP contribution in [0.5, 0.6) is 11.5 Å². The summed E-state index contributed by atoms with van der Waals surface area (Å²) < 4.78 is 15.6. The molecule has 0 aliphatic carbocycles. The van der Waals surface area contributed by atoms with E-state index >= 15 is 0 Å². The SMILES string of the molecule is COc1ccccc1C(=O)COC(=O)COc1ccc(Nc2ccccc2)cc1. The Morgan fingerprint density at radius 2 is 1.45 bits per heavy atom. The van der Waals surface area contributed by atoms with Crippen LogP contribution in [0, 0.1) is 0 Å². The van der Waals surface area contributed by atoms with E-state index in [1.807, 2.05) is 42.5 Å². The van der Waals surface area contributed by atoms with Crippen molar-refractivity contribution in [3.05, 3.63) is 84.4 Å². The number of carbonyl (C=O) groups excluding carboxylic acids is 2. The molecule has 0 saturated carbocycles. The van der Waals surface area contributed by atoms with Gasteiger partial charge in [0.2, 0.25) is 5.78 Å². The summed E-state index contributed by atoms with van der Waals surface area (Å²) >= 11 is 0. The van der Waals surface area contributed by atoms with Crippen molar-refractivity contribution in [3.8, 4) is 11.5 Å². The molecule has 0 fully saturated rings. The van der Waals surface area contributed by atoms with Crippen molar-refractivity contribution in [2.24, 2.45) is 0 Å². The highest BCUT2D eigenvalue weighted by atomic mass is 16.6. The van der Waals surface area contributed by atoms with E-state index in [1.54, 1.807) is 36.4 Å². The van der Waals surface area contributed by atoms with Crippen molar-refractivity contribution in [1.82, 2.24) is 0 Å². The molecule has 3 aromatic carbocycles. The molecule has 6 nitrogen and oxygen atoms in total. The molecule has 0 aliphatic rings. The predicted molar refractivity (Wildman–Crippen MR) is 110 cm³/mol. The lowest BCUT2D eigenvalue weighted by Crippen LogP contribution is -2.19. The van der Waals surface area contributed by atoms with Gasteiger partial charge in [-0.25, -0.2) is 4.79 Å². The van der Waals surface area contributed by atoms with Crippen LogP contribution in [-0.2, 0) is 9.53 Å². The van der Waals surface area contributed by atoms with Crippen LogP contribution in [0.15, 0.2) is 78.9 Å². The van der Waals surface area contributed by atoms with Crippen molar-refractivity contribution in [2.45, 2.75) is 0 Å². The van der Waals surface area contributed by atoms with E-state index in [4.69, 9.17) is 14.2 Å². The molecule has 6 heteroatoms. The zero-order valence-corrected chi connectivity index (χ0v) is 16.0. The molecule has 0 heterocycles. The van der Waals surface area contributed by atoms with Crippen molar-refractivity contribution >= 4 is 23.1 Å². The minimum atomic E-state index is -0.625. The number of nitrogens with one attached hydrogen (secondary N) is 1. The second kappa shape index (κ2) is 9.94. The molecule has 0 radical (unpaired) electrons. The summed E-state index contributed by atoms with van der Waals surface area (Å²) in [6.45, 7) is -0.660. The number of benzene rings is 3. The molecular formula is C23H21NO5. The van der Waals surface area contributed by atoms with Gasteiger partial charge in [0.25, 0.3) is 0 Å². The summed E-state index contributed by atoms with van der Waals surface area (Å²) in [7, 11) is 1.48. The summed E-state index contributed by atoms with van der Waals surface area (Å²) in [5, 5.41) is 3.26. The lowest BCUT2D eigenvalue weighted by molar-refractivity contribution is -0.144. The Bertz CT molecular complexity index is 955. The molecule has 0 amide bonds. The minimum Gasteiger partial charge on any atom is -0.496 e. The van der Waals surface area contributed by atoms with E-state index in [2.05, 4.69) is 5.32 Å². The maximum absolute atomic E-state index is 12.2. The normalized spacial score (nSPS) is 10.1. The Balaban J connectivity index is 1.45. The van der Waals surface area contributed by atoms with Crippen LogP contribution in [0.2, 0.25) is 0 Å². The van der Waals surface area contributed by atoms with Crippen LogP contribution >= 0.6 is 0 Å². The Kier molecular flexibility index (Phi) is 6.84. The topological polar surface area (TPSA) is 73.9 Å². The number of hydrogen-bond donors (Lipinski definition) is 1. The second-order valence-corrected chi connectivity index (χ2v) is 6.09. The molecule has 0 aliphatic heterocycles. The third-order valence-electron chi connectivity index (χ3n) is 4.05. The highest BCUT2D eigenvalue weighted by molar-refractivity contribution is 6.00. The number of hydrogen-bond acceptors (Lipinski definition) is 6. The fraction of sp³-hybridized carbons (Fsp3) is 0.130. The summed E-state index contributed by atoms with van der Waals surface area (Å²) in [6, 6.07) is 23.7. The monoisotopic (exact) mass is 391 g/mol. The van der Waals surface area contributed by atoms with Gasteiger partial charge in [0.05, 0.1) is 12.7 Å². The summed E-state index contributed by atoms with van der Waals surface area (Å²) in [5.41, 5.74) is 2.24. The van der Waals surface area contributed by atoms with Crippen LogP contribution in [0.3, 0.4) is 0 Å². The summed E-state index contributed by atoms with van der Waals surface area (Å²) in [6.07, 6.45) is 0. The number of ketones is 1. The molecular weight excluding hydrogens is 370 g/mol. The third-order valence-corrected chi connectivity index (χ3v) is 4.05. The number of esters is 1. The van der Waals surface area contributed by atoms with Gasteiger partial charge in [-0.3, -0.25) is 4.79 Å². The molecule has 148 valence electrons. The van der Waals surface area contributed by atoms with Gasteiger partial charge in [-0.15, -0.1) is 0 Å². The quantitative estimate of drug-likeness (QED) is 0.434. The molecule has 0 bridgehead atoms. The number of methoxy groups -OCH3 is 1. The van der Waals surface area contributed by atoms with Crippen molar-refractivity contribution in [3.63, 3.8) is 0 Å². The standard InChI is InChI=1S/C23H21NO5/c1-27-22-10-6-5-9-20(22)21(25)15-29-23(26)16-28-19-13-11-18(12-14-19)24-17-7-3-2-4-8-17/h2-14,24H,15-16H2,1H3. The van der Waals surface area contributed by atoms with E-state index in [-0.39, 0.29) is 19.0 Å². The molecule has 3 aromatic rings. The van der Waals surface area contributed by atoms with Gasteiger partial charge in [-0.05, 0) is 48.5 Å². The Labute approximate surface area is 169 Å². The van der Waals surface area contributed by atoms with E-state index in [1.165, 1.54) is 7.11 Å². The van der Waals surface area contributed by atoms with Gasteiger partial charge in [0, 0.05) is 11.4 Å². The third kappa shape index (κ3) is 5.84. The summed E-state index contributed by atoms with van der Waals surface area (Å²) in [4.78, 5) is 24.1. The van der Waals surface area contributed by atoms with Crippen LogP contribution in [-0.4, -0.2) is 32.1 Å². The van der Waals surface area contributed by atoms with Gasteiger partial charge < -0.3 is 19.5 Å². The number of carbonyl (C=O) groups is 2. The van der Waals surface area contributed by atoms with Gasteiger partial charge >= 0.3 is 5.97 Å². The smallest absolute Gasteiger partial charge is 0.344 e. The van der Waals surface area contributed by atoms with E-state index < -0.39 is 5.97 Å². The molecule has 3 rings (SSSR count). The lowest BCUT2D eigenvalue weighted by atomic mass is 10.1. The highest BCUT2D eigenvalue weighted by Crippen LogP contribution is 2.20. The maximum atomic E-state index is 12.2. The highest BCUT2D eigenvalue weighted by Gasteiger charge is 2.14. The number of para-hydroxylation sites is 2. The number of ether oxygens (including phenoxy) is 3. The van der Waals surface area contributed by atoms with Gasteiger partial charge in [-0.2, -0.15) is 0 Å². The fourth-order valence-corrected chi connectivity index (χ4v) is 2.61. The Hall–Kier alpha value is -3.80. The van der Waals surface area contributed by atoms with Crippen LogP contribution in [0.25, 0.3) is 0 Å². The van der Waals surface area contributed by atoms with E-state index in [0.29, 0.717) is 17.1 Å². The molecule has 0 spiro atoms. The zero-order chi connectivity index (χ0) is 20.5. The molecule has 29 heavy (non-hydrogen) atoms. The fourth-order valence-electron chi connectivity index (χ4n) is 2.61. The van der Waals surface area contributed by atoms with Gasteiger partial charge in [0.1, 0.15) is 11.5 Å². The van der Waals surface area contributed by atoms with Crippen LogP contribution < -0.4 is 14.8 Å². The first kappa shape index (κ1) is 19.9. The average Bonchev–Trinajstić information content (AvgIpc) is 2.77. The van der Waals surface area contributed by atoms with E-state index in [0.717, 1.165) is 11.4 Å². The second-order valence-electron chi connectivity index (χ2n) is 6.09. The predicted octanol–water partition coefficient (Wildman–Crippen LogP) is 4.24. The summed E-state index contributed by atoms with van der Waals surface area (Å²) in [5.74, 6) is -0.00232. The average molecular weight is 391 g/mol. The van der Waals surface area contributed by atoms with Crippen molar-refractivity contribution in [2.75, 3.05) is 25.6 Å². The maximum Gasteiger partial charge on any atom is 0.344 e.